The van der Waals surface area contributed by atoms with Crippen molar-refractivity contribution in [3.8, 4) is 0 Å². The predicted molar refractivity (Wildman–Crippen MR) is 90.4 cm³/mol. The standard InChI is InChI=1S/C17H27N5O/c1-14-4-5-15(19-18-14)21-10-8-17(9-11-21)7-6-16(23)22(17)13-12-20(2)3/h4-5H,6-13H2,1-3H3. The molecular weight excluding hydrogens is 290 g/mol. The van der Waals surface area contributed by atoms with Crippen LogP contribution in [-0.4, -0.2) is 71.7 Å². The van der Waals surface area contributed by atoms with Gasteiger partial charge in [0, 0.05) is 38.1 Å². The van der Waals surface area contributed by atoms with E-state index in [1.165, 1.54) is 0 Å². The first-order valence-electron chi connectivity index (χ1n) is 8.51. The van der Waals surface area contributed by atoms with Crippen LogP contribution in [0.4, 0.5) is 5.82 Å². The van der Waals surface area contributed by atoms with E-state index in [-0.39, 0.29) is 5.54 Å². The van der Waals surface area contributed by atoms with Gasteiger partial charge in [0.2, 0.25) is 5.91 Å². The van der Waals surface area contributed by atoms with Gasteiger partial charge in [-0.2, -0.15) is 5.10 Å². The van der Waals surface area contributed by atoms with E-state index in [0.29, 0.717) is 12.3 Å². The summed E-state index contributed by atoms with van der Waals surface area (Å²) in [6.07, 6.45) is 3.77. The molecule has 2 aliphatic heterocycles. The third-order valence-electron chi connectivity index (χ3n) is 5.25. The van der Waals surface area contributed by atoms with Gasteiger partial charge in [-0.05, 0) is 52.4 Å². The average Bonchev–Trinajstić information content (AvgIpc) is 2.83. The van der Waals surface area contributed by atoms with Gasteiger partial charge in [-0.15, -0.1) is 5.10 Å². The molecule has 2 aliphatic rings. The Morgan fingerprint density at radius 3 is 2.52 bits per heavy atom. The number of likely N-dealkylation sites (tertiary alicyclic amines) is 1. The number of aryl methyl sites for hydroxylation is 1. The summed E-state index contributed by atoms with van der Waals surface area (Å²) < 4.78 is 0. The van der Waals surface area contributed by atoms with Gasteiger partial charge in [0.15, 0.2) is 5.82 Å². The number of hydrogen-bond acceptors (Lipinski definition) is 5. The Balaban J connectivity index is 1.66. The van der Waals surface area contributed by atoms with Crippen molar-refractivity contribution >= 4 is 11.7 Å². The summed E-state index contributed by atoms with van der Waals surface area (Å²) in [5.41, 5.74) is 1.01. The Morgan fingerprint density at radius 2 is 1.91 bits per heavy atom. The maximum atomic E-state index is 12.3. The summed E-state index contributed by atoms with van der Waals surface area (Å²) in [5, 5.41) is 8.46. The van der Waals surface area contributed by atoms with Crippen molar-refractivity contribution in [2.45, 2.75) is 38.1 Å². The Morgan fingerprint density at radius 1 is 1.17 bits per heavy atom. The number of anilines is 1. The molecule has 0 atom stereocenters. The predicted octanol–water partition coefficient (Wildman–Crippen LogP) is 1.31. The molecule has 0 aromatic carbocycles. The highest BCUT2D eigenvalue weighted by molar-refractivity contribution is 5.79. The molecule has 2 saturated heterocycles. The minimum absolute atomic E-state index is 0.0711. The van der Waals surface area contributed by atoms with Crippen molar-refractivity contribution in [1.29, 1.82) is 0 Å². The van der Waals surface area contributed by atoms with Gasteiger partial charge >= 0.3 is 0 Å². The van der Waals surface area contributed by atoms with Crippen LogP contribution in [0.25, 0.3) is 0 Å². The zero-order chi connectivity index (χ0) is 16.4. The Labute approximate surface area is 138 Å². The molecule has 0 bridgehead atoms. The molecule has 6 nitrogen and oxygen atoms in total. The van der Waals surface area contributed by atoms with Crippen LogP contribution in [0.5, 0.6) is 0 Å². The van der Waals surface area contributed by atoms with Crippen molar-refractivity contribution in [3.05, 3.63) is 17.8 Å². The number of likely N-dealkylation sites (N-methyl/N-ethyl adjacent to an activating group) is 1. The monoisotopic (exact) mass is 317 g/mol. The van der Waals surface area contributed by atoms with Crippen LogP contribution < -0.4 is 4.90 Å². The highest BCUT2D eigenvalue weighted by Gasteiger charge is 2.46. The lowest BCUT2D eigenvalue weighted by molar-refractivity contribution is -0.132. The molecule has 1 aromatic rings. The molecule has 0 aliphatic carbocycles. The summed E-state index contributed by atoms with van der Waals surface area (Å²) in [7, 11) is 4.12. The first-order valence-corrected chi connectivity index (χ1v) is 8.51. The minimum atomic E-state index is 0.0711. The summed E-state index contributed by atoms with van der Waals surface area (Å²) in [5.74, 6) is 1.28. The van der Waals surface area contributed by atoms with E-state index < -0.39 is 0 Å². The van der Waals surface area contributed by atoms with Gasteiger partial charge in [0.1, 0.15) is 0 Å². The van der Waals surface area contributed by atoms with Crippen molar-refractivity contribution in [1.82, 2.24) is 20.0 Å². The zero-order valence-electron chi connectivity index (χ0n) is 14.5. The Kier molecular flexibility index (Phi) is 4.53. The number of carbonyl (C=O) groups excluding carboxylic acids is 1. The summed E-state index contributed by atoms with van der Waals surface area (Å²) in [4.78, 5) is 18.9. The molecule has 0 radical (unpaired) electrons. The van der Waals surface area contributed by atoms with Crippen molar-refractivity contribution in [2.75, 3.05) is 45.2 Å². The molecule has 3 heterocycles. The average molecular weight is 317 g/mol. The second-order valence-corrected chi connectivity index (χ2v) is 7.09. The minimum Gasteiger partial charge on any atom is -0.355 e. The van der Waals surface area contributed by atoms with Gasteiger partial charge in [0.05, 0.1) is 5.69 Å². The van der Waals surface area contributed by atoms with Gasteiger partial charge in [-0.1, -0.05) is 0 Å². The summed E-state index contributed by atoms with van der Waals surface area (Å²) in [6, 6.07) is 4.05. The number of amides is 1. The topological polar surface area (TPSA) is 52.6 Å². The normalized spacial score (nSPS) is 20.8. The van der Waals surface area contributed by atoms with Crippen LogP contribution in [0, 0.1) is 6.92 Å². The molecular formula is C17H27N5O. The van der Waals surface area contributed by atoms with Crippen LogP contribution in [0.15, 0.2) is 12.1 Å². The van der Waals surface area contributed by atoms with Gasteiger partial charge in [-0.3, -0.25) is 4.79 Å². The van der Waals surface area contributed by atoms with Crippen LogP contribution in [0.1, 0.15) is 31.4 Å². The van der Waals surface area contributed by atoms with Crippen molar-refractivity contribution < 1.29 is 4.79 Å². The molecule has 126 valence electrons. The maximum Gasteiger partial charge on any atom is 0.223 e. The smallest absolute Gasteiger partial charge is 0.223 e. The quantitative estimate of drug-likeness (QED) is 0.838. The fourth-order valence-electron chi connectivity index (χ4n) is 3.77. The number of hydrogen-bond donors (Lipinski definition) is 0. The number of nitrogens with zero attached hydrogens (tertiary/aromatic N) is 5. The second kappa shape index (κ2) is 6.43. The largest absolute Gasteiger partial charge is 0.355 e. The maximum absolute atomic E-state index is 12.3. The first kappa shape index (κ1) is 16.2. The SMILES string of the molecule is Cc1ccc(N2CCC3(CCC(=O)N3CCN(C)C)CC2)nn1. The number of piperidine rings is 1. The van der Waals surface area contributed by atoms with Crippen LogP contribution in [0.2, 0.25) is 0 Å². The van der Waals surface area contributed by atoms with Gasteiger partial charge < -0.3 is 14.7 Å². The van der Waals surface area contributed by atoms with Crippen molar-refractivity contribution in [3.63, 3.8) is 0 Å². The van der Waals surface area contributed by atoms with Gasteiger partial charge in [-0.25, -0.2) is 0 Å². The van der Waals surface area contributed by atoms with E-state index in [9.17, 15) is 4.79 Å². The molecule has 3 rings (SSSR count). The second-order valence-electron chi connectivity index (χ2n) is 7.09. The van der Waals surface area contributed by atoms with Crippen molar-refractivity contribution in [2.24, 2.45) is 0 Å². The molecule has 1 spiro atoms. The number of aromatic nitrogens is 2. The fraction of sp³-hybridized carbons (Fsp3) is 0.706. The molecule has 2 fully saturated rings. The zero-order valence-corrected chi connectivity index (χ0v) is 14.5. The Bertz CT molecular complexity index is 549. The molecule has 23 heavy (non-hydrogen) atoms. The van der Waals surface area contributed by atoms with E-state index in [1.807, 2.05) is 19.1 Å². The van der Waals surface area contributed by atoms with E-state index >= 15 is 0 Å². The molecule has 0 saturated carbocycles. The van der Waals surface area contributed by atoms with Crippen LogP contribution in [-0.2, 0) is 4.79 Å². The third-order valence-corrected chi connectivity index (χ3v) is 5.25. The van der Waals surface area contributed by atoms with Crippen LogP contribution in [0.3, 0.4) is 0 Å². The lowest BCUT2D eigenvalue weighted by Crippen LogP contribution is -2.54. The summed E-state index contributed by atoms with van der Waals surface area (Å²) in [6.45, 7) is 5.62. The number of carbonyl (C=O) groups is 1. The molecule has 0 N–H and O–H groups in total. The molecule has 1 aromatic heterocycles. The fourth-order valence-corrected chi connectivity index (χ4v) is 3.77. The van der Waals surface area contributed by atoms with Gasteiger partial charge in [0.25, 0.3) is 0 Å². The lowest BCUT2D eigenvalue weighted by atomic mass is 9.85. The first-order chi connectivity index (χ1) is 11.0. The van der Waals surface area contributed by atoms with E-state index in [0.717, 1.165) is 57.0 Å². The highest BCUT2D eigenvalue weighted by atomic mass is 16.2. The summed E-state index contributed by atoms with van der Waals surface area (Å²) >= 11 is 0. The van der Waals surface area contributed by atoms with E-state index in [2.05, 4.69) is 39.0 Å². The number of rotatable bonds is 4. The molecule has 1 amide bonds. The highest BCUT2D eigenvalue weighted by Crippen LogP contribution is 2.39. The lowest BCUT2D eigenvalue weighted by Gasteiger charge is -2.45. The van der Waals surface area contributed by atoms with Crippen LogP contribution >= 0.6 is 0 Å². The molecule has 0 unspecified atom stereocenters. The van der Waals surface area contributed by atoms with E-state index in [4.69, 9.17) is 0 Å². The molecule has 6 heteroatoms. The van der Waals surface area contributed by atoms with E-state index in [1.54, 1.807) is 0 Å². The third kappa shape index (κ3) is 3.32. The Hall–Kier alpha value is -1.69.